The summed E-state index contributed by atoms with van der Waals surface area (Å²) in [6, 6.07) is 8.87. The van der Waals surface area contributed by atoms with E-state index < -0.39 is 0 Å². The summed E-state index contributed by atoms with van der Waals surface area (Å²) in [4.78, 5) is 6.80. The van der Waals surface area contributed by atoms with Crippen molar-refractivity contribution >= 4 is 29.9 Å². The zero-order chi connectivity index (χ0) is 17.9. The standard InChI is InChI=1S/C19H32N4O2.HI/c1-20-19(21-11-10-16-6-4-5-7-18(16)25-3)22-12-13-23(14-15-24-2)17-8-9-17;/h4-7,17H,8-15H2,1-3H3,(H2,20,21,22);1H. The number of hydrogen-bond donors (Lipinski definition) is 2. The predicted octanol–water partition coefficient (Wildman–Crippen LogP) is 2.13. The Kier molecular flexibility index (Phi) is 11.6. The molecule has 7 heteroatoms. The molecule has 148 valence electrons. The van der Waals surface area contributed by atoms with E-state index in [1.165, 1.54) is 18.4 Å². The second kappa shape index (κ2) is 13.2. The number of hydrogen-bond acceptors (Lipinski definition) is 4. The van der Waals surface area contributed by atoms with Gasteiger partial charge in [-0.05, 0) is 30.9 Å². The maximum Gasteiger partial charge on any atom is 0.191 e. The Labute approximate surface area is 174 Å². The maximum absolute atomic E-state index is 5.39. The molecule has 0 aliphatic heterocycles. The molecule has 1 fully saturated rings. The molecule has 0 atom stereocenters. The van der Waals surface area contributed by atoms with Gasteiger partial charge in [-0.25, -0.2) is 0 Å². The summed E-state index contributed by atoms with van der Waals surface area (Å²) in [6.07, 6.45) is 3.53. The summed E-state index contributed by atoms with van der Waals surface area (Å²) in [6.45, 7) is 4.51. The molecule has 6 nitrogen and oxygen atoms in total. The van der Waals surface area contributed by atoms with Gasteiger partial charge >= 0.3 is 0 Å². The number of rotatable bonds is 11. The van der Waals surface area contributed by atoms with Gasteiger partial charge in [-0.15, -0.1) is 24.0 Å². The van der Waals surface area contributed by atoms with E-state index in [0.29, 0.717) is 0 Å². The van der Waals surface area contributed by atoms with Gasteiger partial charge in [-0.1, -0.05) is 18.2 Å². The van der Waals surface area contributed by atoms with Gasteiger partial charge in [-0.3, -0.25) is 9.89 Å². The molecule has 0 spiro atoms. The smallest absolute Gasteiger partial charge is 0.191 e. The number of nitrogens with zero attached hydrogens (tertiary/aromatic N) is 2. The molecular weight excluding hydrogens is 443 g/mol. The SMILES string of the molecule is CN=C(NCCc1ccccc1OC)NCCN(CCOC)C1CC1.I. The summed E-state index contributed by atoms with van der Waals surface area (Å²) < 4.78 is 10.6. The van der Waals surface area contributed by atoms with Crippen LogP contribution in [-0.4, -0.2) is 71.0 Å². The number of nitrogens with one attached hydrogen (secondary N) is 2. The van der Waals surface area contributed by atoms with E-state index in [-0.39, 0.29) is 24.0 Å². The molecule has 0 unspecified atom stereocenters. The van der Waals surface area contributed by atoms with Crippen LogP contribution in [0.2, 0.25) is 0 Å². The maximum atomic E-state index is 5.39. The van der Waals surface area contributed by atoms with Crippen LogP contribution < -0.4 is 15.4 Å². The third-order valence-corrected chi connectivity index (χ3v) is 4.44. The summed E-state index contributed by atoms with van der Waals surface area (Å²) in [5.41, 5.74) is 1.20. The van der Waals surface area contributed by atoms with Crippen molar-refractivity contribution in [2.24, 2.45) is 4.99 Å². The van der Waals surface area contributed by atoms with E-state index >= 15 is 0 Å². The van der Waals surface area contributed by atoms with Gasteiger partial charge in [0.1, 0.15) is 5.75 Å². The molecule has 1 saturated carbocycles. The Morgan fingerprint density at radius 1 is 1.15 bits per heavy atom. The zero-order valence-electron chi connectivity index (χ0n) is 16.2. The third-order valence-electron chi connectivity index (χ3n) is 4.44. The van der Waals surface area contributed by atoms with E-state index in [1.807, 2.05) is 25.2 Å². The first kappa shape index (κ1) is 23.0. The minimum atomic E-state index is 0. The lowest BCUT2D eigenvalue weighted by atomic mass is 10.1. The van der Waals surface area contributed by atoms with Crippen LogP contribution in [-0.2, 0) is 11.2 Å². The number of halogens is 1. The molecule has 1 aliphatic rings. The average Bonchev–Trinajstić information content (AvgIpc) is 3.48. The average molecular weight is 476 g/mol. The van der Waals surface area contributed by atoms with Crippen molar-refractivity contribution in [3.05, 3.63) is 29.8 Å². The Hall–Kier alpha value is -1.06. The van der Waals surface area contributed by atoms with E-state index in [2.05, 4.69) is 26.6 Å². The van der Waals surface area contributed by atoms with Crippen LogP contribution in [0.5, 0.6) is 5.75 Å². The molecule has 0 aromatic heterocycles. The lowest BCUT2D eigenvalue weighted by Crippen LogP contribution is -2.43. The highest BCUT2D eigenvalue weighted by Gasteiger charge is 2.28. The lowest BCUT2D eigenvalue weighted by molar-refractivity contribution is 0.144. The number of ether oxygens (including phenoxy) is 2. The van der Waals surface area contributed by atoms with E-state index in [1.54, 1.807) is 14.2 Å². The monoisotopic (exact) mass is 476 g/mol. The molecule has 0 saturated heterocycles. The van der Waals surface area contributed by atoms with E-state index in [0.717, 1.165) is 57.0 Å². The van der Waals surface area contributed by atoms with Gasteiger partial charge < -0.3 is 20.1 Å². The zero-order valence-corrected chi connectivity index (χ0v) is 18.5. The highest BCUT2D eigenvalue weighted by atomic mass is 127. The van der Waals surface area contributed by atoms with Gasteiger partial charge in [0.25, 0.3) is 0 Å². The number of guanidine groups is 1. The van der Waals surface area contributed by atoms with Gasteiger partial charge in [0.05, 0.1) is 13.7 Å². The summed E-state index contributed by atoms with van der Waals surface area (Å²) in [5, 5.41) is 6.77. The highest BCUT2D eigenvalue weighted by molar-refractivity contribution is 14.0. The van der Waals surface area contributed by atoms with Crippen molar-refractivity contribution in [1.29, 1.82) is 0 Å². The van der Waals surface area contributed by atoms with Crippen LogP contribution in [0.3, 0.4) is 0 Å². The van der Waals surface area contributed by atoms with Crippen LogP contribution in [0, 0.1) is 0 Å². The second-order valence-electron chi connectivity index (χ2n) is 6.25. The lowest BCUT2D eigenvalue weighted by Gasteiger charge is -2.22. The fourth-order valence-corrected chi connectivity index (χ4v) is 2.89. The molecule has 0 bridgehead atoms. The van der Waals surface area contributed by atoms with Gasteiger partial charge in [-0.2, -0.15) is 0 Å². The Balaban J connectivity index is 0.00000338. The Morgan fingerprint density at radius 3 is 2.54 bits per heavy atom. The predicted molar refractivity (Wildman–Crippen MR) is 118 cm³/mol. The summed E-state index contributed by atoms with van der Waals surface area (Å²) in [5.74, 6) is 1.78. The topological polar surface area (TPSA) is 58.1 Å². The van der Waals surface area contributed by atoms with Crippen LogP contribution in [0.25, 0.3) is 0 Å². The molecule has 0 heterocycles. The summed E-state index contributed by atoms with van der Waals surface area (Å²) >= 11 is 0. The number of methoxy groups -OCH3 is 2. The van der Waals surface area contributed by atoms with Crippen LogP contribution in [0.4, 0.5) is 0 Å². The fraction of sp³-hybridized carbons (Fsp3) is 0.632. The molecule has 26 heavy (non-hydrogen) atoms. The number of benzene rings is 1. The van der Waals surface area contributed by atoms with Gasteiger partial charge in [0.2, 0.25) is 0 Å². The quantitative estimate of drug-likeness (QED) is 0.291. The van der Waals surface area contributed by atoms with Gasteiger partial charge in [0.15, 0.2) is 5.96 Å². The van der Waals surface area contributed by atoms with Crippen molar-refractivity contribution in [3.63, 3.8) is 0 Å². The minimum Gasteiger partial charge on any atom is -0.496 e. The molecule has 0 amide bonds. The van der Waals surface area contributed by atoms with Crippen LogP contribution >= 0.6 is 24.0 Å². The van der Waals surface area contributed by atoms with Gasteiger partial charge in [0, 0.05) is 46.4 Å². The van der Waals surface area contributed by atoms with Crippen molar-refractivity contribution in [2.75, 3.05) is 54.1 Å². The van der Waals surface area contributed by atoms with Crippen molar-refractivity contribution in [1.82, 2.24) is 15.5 Å². The van der Waals surface area contributed by atoms with Crippen LogP contribution in [0.15, 0.2) is 29.3 Å². The number of para-hydroxylation sites is 1. The van der Waals surface area contributed by atoms with Crippen molar-refractivity contribution in [2.45, 2.75) is 25.3 Å². The first-order valence-electron chi connectivity index (χ1n) is 9.08. The fourth-order valence-electron chi connectivity index (χ4n) is 2.89. The van der Waals surface area contributed by atoms with Crippen LogP contribution in [0.1, 0.15) is 18.4 Å². The van der Waals surface area contributed by atoms with E-state index in [4.69, 9.17) is 9.47 Å². The second-order valence-corrected chi connectivity index (χ2v) is 6.25. The molecule has 0 radical (unpaired) electrons. The molecule has 2 N–H and O–H groups in total. The summed E-state index contributed by atoms with van der Waals surface area (Å²) in [7, 11) is 5.28. The Morgan fingerprint density at radius 2 is 1.88 bits per heavy atom. The normalized spacial score (nSPS) is 14.1. The molecular formula is C19H33IN4O2. The third kappa shape index (κ3) is 8.09. The first-order chi connectivity index (χ1) is 12.3. The molecule has 2 rings (SSSR count). The largest absolute Gasteiger partial charge is 0.496 e. The Bertz CT molecular complexity index is 538. The highest BCUT2D eigenvalue weighted by Crippen LogP contribution is 2.25. The first-order valence-corrected chi connectivity index (χ1v) is 9.08. The molecule has 1 aromatic carbocycles. The molecule has 1 aliphatic carbocycles. The van der Waals surface area contributed by atoms with Crippen molar-refractivity contribution < 1.29 is 9.47 Å². The van der Waals surface area contributed by atoms with E-state index in [9.17, 15) is 0 Å². The molecule has 1 aromatic rings. The number of aliphatic imine (C=N–C) groups is 1. The van der Waals surface area contributed by atoms with Crippen molar-refractivity contribution in [3.8, 4) is 5.75 Å². The minimum absolute atomic E-state index is 0.